The first-order valence-corrected chi connectivity index (χ1v) is 6.45. The minimum absolute atomic E-state index is 0.229. The second-order valence-electron chi connectivity index (χ2n) is 5.02. The number of esters is 1. The molecule has 0 bridgehead atoms. The van der Waals surface area contributed by atoms with E-state index in [2.05, 4.69) is 0 Å². The highest BCUT2D eigenvalue weighted by atomic mass is 16.6. The van der Waals surface area contributed by atoms with Gasteiger partial charge in [0, 0.05) is 6.92 Å². The number of epoxide rings is 1. The third kappa shape index (κ3) is 2.89. The first-order valence-electron chi connectivity index (χ1n) is 6.45. The van der Waals surface area contributed by atoms with Gasteiger partial charge in [-0.1, -0.05) is 0 Å². The molecule has 0 saturated carbocycles. The van der Waals surface area contributed by atoms with Gasteiger partial charge in [-0.05, 0) is 49.9 Å². The van der Waals surface area contributed by atoms with Gasteiger partial charge in [0.15, 0.2) is 0 Å². The van der Waals surface area contributed by atoms with Gasteiger partial charge < -0.3 is 14.2 Å². The van der Waals surface area contributed by atoms with E-state index in [0.29, 0.717) is 12.4 Å². The zero-order chi connectivity index (χ0) is 14.2. The van der Waals surface area contributed by atoms with Crippen molar-refractivity contribution in [3.8, 4) is 11.5 Å². The number of ether oxygens (including phenoxy) is 3. The highest BCUT2D eigenvalue weighted by molar-refractivity contribution is 5.72. The lowest BCUT2D eigenvalue weighted by molar-refractivity contribution is -0.131. The molecule has 19 heavy (non-hydrogen) atoms. The minimum Gasteiger partial charge on any atom is -0.490 e. The van der Waals surface area contributed by atoms with Crippen LogP contribution in [0.4, 0.5) is 0 Å². The van der Waals surface area contributed by atoms with Gasteiger partial charge in [0.25, 0.3) is 0 Å². The number of carbonyl (C=O) groups is 1. The van der Waals surface area contributed by atoms with Crippen molar-refractivity contribution in [3.63, 3.8) is 0 Å². The Bertz CT molecular complexity index is 486. The second-order valence-corrected chi connectivity index (χ2v) is 5.02. The molecule has 2 rings (SSSR count). The molecule has 0 aromatic heterocycles. The van der Waals surface area contributed by atoms with Gasteiger partial charge in [-0.3, -0.25) is 4.79 Å². The maximum absolute atomic E-state index is 11.2. The van der Waals surface area contributed by atoms with Gasteiger partial charge in [0.05, 0.1) is 6.61 Å². The molecule has 0 aliphatic carbocycles. The topological polar surface area (TPSA) is 48.1 Å². The highest BCUT2D eigenvalue weighted by Crippen LogP contribution is 2.37. The van der Waals surface area contributed by atoms with Crippen molar-refractivity contribution in [1.82, 2.24) is 0 Å². The Morgan fingerprint density at radius 2 is 1.58 bits per heavy atom. The van der Waals surface area contributed by atoms with Gasteiger partial charge in [-0.2, -0.15) is 0 Å². The largest absolute Gasteiger partial charge is 0.490 e. The molecule has 0 unspecified atom stereocenters. The summed E-state index contributed by atoms with van der Waals surface area (Å²) in [4.78, 5) is 11.2. The van der Waals surface area contributed by atoms with Crippen molar-refractivity contribution >= 4 is 5.97 Å². The van der Waals surface area contributed by atoms with Crippen molar-refractivity contribution in [2.45, 2.75) is 40.7 Å². The van der Waals surface area contributed by atoms with Crippen LogP contribution < -0.4 is 9.47 Å². The van der Waals surface area contributed by atoms with Crippen LogP contribution >= 0.6 is 0 Å². The predicted molar refractivity (Wildman–Crippen MR) is 71.9 cm³/mol. The SMILES string of the molecule is CC(=O)Oc1c(C)c(C)c(OC[C@H]2CO2)c(C)c1C. The Morgan fingerprint density at radius 3 is 2.00 bits per heavy atom. The molecule has 1 aromatic rings. The lowest BCUT2D eigenvalue weighted by Gasteiger charge is -2.19. The number of benzene rings is 1. The van der Waals surface area contributed by atoms with E-state index < -0.39 is 0 Å². The van der Waals surface area contributed by atoms with Crippen LogP contribution in [0, 0.1) is 27.7 Å². The lowest BCUT2D eigenvalue weighted by Crippen LogP contribution is -2.11. The molecule has 1 saturated heterocycles. The standard InChI is InChI=1S/C15H20O4/c1-8-10(3)15(19-12(5)16)11(4)9(2)14(8)18-7-13-6-17-13/h13H,6-7H2,1-5H3/t13-/m1/s1. The Hall–Kier alpha value is -1.55. The van der Waals surface area contributed by atoms with E-state index in [1.54, 1.807) is 0 Å². The van der Waals surface area contributed by atoms with E-state index in [1.807, 2.05) is 27.7 Å². The van der Waals surface area contributed by atoms with Crippen LogP contribution in [0.2, 0.25) is 0 Å². The fourth-order valence-electron chi connectivity index (χ4n) is 2.10. The predicted octanol–water partition coefficient (Wildman–Crippen LogP) is 2.62. The fourth-order valence-corrected chi connectivity index (χ4v) is 2.10. The van der Waals surface area contributed by atoms with Crippen LogP contribution in [0.15, 0.2) is 0 Å². The Morgan fingerprint density at radius 1 is 1.11 bits per heavy atom. The summed E-state index contributed by atoms with van der Waals surface area (Å²) >= 11 is 0. The maximum Gasteiger partial charge on any atom is 0.308 e. The van der Waals surface area contributed by atoms with Crippen molar-refractivity contribution in [3.05, 3.63) is 22.3 Å². The van der Waals surface area contributed by atoms with Crippen LogP contribution in [0.5, 0.6) is 11.5 Å². The third-order valence-corrected chi connectivity index (χ3v) is 3.55. The monoisotopic (exact) mass is 264 g/mol. The molecule has 0 radical (unpaired) electrons. The molecule has 1 fully saturated rings. The first kappa shape index (κ1) is 13.9. The normalized spacial score (nSPS) is 17.2. The van der Waals surface area contributed by atoms with E-state index in [0.717, 1.165) is 34.6 Å². The molecular weight excluding hydrogens is 244 g/mol. The quantitative estimate of drug-likeness (QED) is 0.476. The van der Waals surface area contributed by atoms with Gasteiger partial charge >= 0.3 is 5.97 Å². The molecule has 1 aromatic carbocycles. The number of hydrogen-bond acceptors (Lipinski definition) is 4. The lowest BCUT2D eigenvalue weighted by atomic mass is 9.98. The van der Waals surface area contributed by atoms with Gasteiger partial charge in [-0.15, -0.1) is 0 Å². The summed E-state index contributed by atoms with van der Waals surface area (Å²) in [6.45, 7) is 10.6. The van der Waals surface area contributed by atoms with Crippen LogP contribution in [0.3, 0.4) is 0 Å². The summed E-state index contributed by atoms with van der Waals surface area (Å²) in [5, 5.41) is 0. The molecule has 0 N–H and O–H groups in total. The Kier molecular flexibility index (Phi) is 3.80. The first-order chi connectivity index (χ1) is 8.91. The summed E-state index contributed by atoms with van der Waals surface area (Å²) in [7, 11) is 0. The molecular formula is C15H20O4. The maximum atomic E-state index is 11.2. The van der Waals surface area contributed by atoms with Gasteiger partial charge in [0.1, 0.15) is 24.2 Å². The molecule has 1 heterocycles. The van der Waals surface area contributed by atoms with E-state index in [1.165, 1.54) is 6.92 Å². The van der Waals surface area contributed by atoms with Crippen LogP contribution in [-0.2, 0) is 9.53 Å². The zero-order valence-electron chi connectivity index (χ0n) is 12.1. The fraction of sp³-hybridized carbons (Fsp3) is 0.533. The van der Waals surface area contributed by atoms with E-state index in [9.17, 15) is 4.79 Å². The second kappa shape index (κ2) is 5.21. The van der Waals surface area contributed by atoms with E-state index in [-0.39, 0.29) is 12.1 Å². The zero-order valence-corrected chi connectivity index (χ0v) is 12.1. The number of rotatable bonds is 4. The van der Waals surface area contributed by atoms with Gasteiger partial charge in [0.2, 0.25) is 0 Å². The Labute approximate surface area is 113 Å². The van der Waals surface area contributed by atoms with E-state index in [4.69, 9.17) is 14.2 Å². The smallest absolute Gasteiger partial charge is 0.308 e. The molecule has 1 atom stereocenters. The Balaban J connectivity index is 2.36. The molecule has 4 nitrogen and oxygen atoms in total. The molecule has 4 heteroatoms. The summed E-state index contributed by atoms with van der Waals surface area (Å²) in [6.07, 6.45) is 0.229. The molecule has 0 amide bonds. The molecule has 0 spiro atoms. The van der Waals surface area contributed by atoms with Crippen LogP contribution in [0.1, 0.15) is 29.2 Å². The van der Waals surface area contributed by atoms with Crippen molar-refractivity contribution in [2.24, 2.45) is 0 Å². The minimum atomic E-state index is -0.301. The average Bonchev–Trinajstić information content (AvgIpc) is 3.16. The summed E-state index contributed by atoms with van der Waals surface area (Å²) in [5.74, 6) is 1.23. The average molecular weight is 264 g/mol. The molecule has 104 valence electrons. The summed E-state index contributed by atoms with van der Waals surface area (Å²) < 4.78 is 16.3. The third-order valence-electron chi connectivity index (χ3n) is 3.55. The van der Waals surface area contributed by atoms with Crippen LogP contribution in [-0.4, -0.2) is 25.3 Å². The highest BCUT2D eigenvalue weighted by Gasteiger charge is 2.25. The molecule has 1 aliphatic rings. The van der Waals surface area contributed by atoms with E-state index >= 15 is 0 Å². The number of hydrogen-bond donors (Lipinski definition) is 0. The van der Waals surface area contributed by atoms with Crippen molar-refractivity contribution in [1.29, 1.82) is 0 Å². The van der Waals surface area contributed by atoms with Crippen molar-refractivity contribution in [2.75, 3.05) is 13.2 Å². The summed E-state index contributed by atoms with van der Waals surface area (Å²) in [6, 6.07) is 0. The summed E-state index contributed by atoms with van der Waals surface area (Å²) in [5.41, 5.74) is 3.93. The number of carbonyl (C=O) groups excluding carboxylic acids is 1. The molecule has 1 aliphatic heterocycles. The van der Waals surface area contributed by atoms with Crippen molar-refractivity contribution < 1.29 is 19.0 Å². The van der Waals surface area contributed by atoms with Gasteiger partial charge in [-0.25, -0.2) is 0 Å². The van der Waals surface area contributed by atoms with Crippen LogP contribution in [0.25, 0.3) is 0 Å².